The molecule has 2 rings (SSSR count). The van der Waals surface area contributed by atoms with Crippen molar-refractivity contribution in [2.24, 2.45) is 0 Å². The van der Waals surface area contributed by atoms with E-state index in [-0.39, 0.29) is 29.4 Å². The van der Waals surface area contributed by atoms with Crippen LogP contribution in [0.3, 0.4) is 0 Å². The molecular weight excluding hydrogens is 214 g/mol. The highest BCUT2D eigenvalue weighted by Gasteiger charge is 2.21. The number of nitrogens with one attached hydrogen (secondary N) is 2. The predicted molar refractivity (Wildman–Crippen MR) is 54.1 cm³/mol. The Balaban J connectivity index is 2.52. The van der Waals surface area contributed by atoms with Gasteiger partial charge in [-0.2, -0.15) is 0 Å². The number of anilines is 1. The second kappa shape index (κ2) is 3.61. The molecule has 0 radical (unpaired) electrons. The zero-order chi connectivity index (χ0) is 11.7. The molecule has 1 aromatic carbocycles. The lowest BCUT2D eigenvalue weighted by atomic mass is 10.1. The monoisotopic (exact) mass is 221 g/mol. The highest BCUT2D eigenvalue weighted by Crippen LogP contribution is 2.23. The molecule has 7 heteroatoms. The lowest BCUT2D eigenvalue weighted by Gasteiger charge is -2.03. The van der Waals surface area contributed by atoms with Gasteiger partial charge in [-0.1, -0.05) is 0 Å². The maximum atomic E-state index is 11.5. The summed E-state index contributed by atoms with van der Waals surface area (Å²) < 4.78 is 0. The van der Waals surface area contributed by atoms with Crippen molar-refractivity contribution >= 4 is 23.2 Å². The minimum Gasteiger partial charge on any atom is -0.343 e. The lowest BCUT2D eigenvalue weighted by Crippen LogP contribution is -2.28. The second-order valence-electron chi connectivity index (χ2n) is 3.22. The molecule has 0 fully saturated rings. The SMILES string of the molecule is O=C1CNC(=O)c2cc([N+](=O)[O-])ccc2N1. The number of nitro groups is 1. The highest BCUT2D eigenvalue weighted by molar-refractivity contribution is 6.08. The maximum Gasteiger partial charge on any atom is 0.270 e. The Morgan fingerprint density at radius 3 is 2.75 bits per heavy atom. The van der Waals surface area contributed by atoms with Crippen LogP contribution in [0.25, 0.3) is 0 Å². The van der Waals surface area contributed by atoms with E-state index in [1.165, 1.54) is 12.1 Å². The number of nitrogens with zero attached hydrogens (tertiary/aromatic N) is 1. The van der Waals surface area contributed by atoms with Crippen molar-refractivity contribution in [3.8, 4) is 0 Å². The molecule has 0 saturated heterocycles. The summed E-state index contributed by atoms with van der Waals surface area (Å²) in [6, 6.07) is 3.71. The molecule has 0 spiro atoms. The van der Waals surface area contributed by atoms with Crippen molar-refractivity contribution in [1.82, 2.24) is 5.32 Å². The number of carbonyl (C=O) groups excluding carboxylic acids is 2. The Bertz CT molecular complexity index is 498. The quantitative estimate of drug-likeness (QED) is 0.525. The van der Waals surface area contributed by atoms with Gasteiger partial charge < -0.3 is 10.6 Å². The molecule has 1 aliphatic rings. The second-order valence-corrected chi connectivity index (χ2v) is 3.22. The highest BCUT2D eigenvalue weighted by atomic mass is 16.6. The standard InChI is InChI=1S/C9H7N3O4/c13-8-4-10-9(14)6-3-5(12(15)16)1-2-7(6)11-8/h1-3H,4H2,(H,10,14)(H,11,13). The summed E-state index contributed by atoms with van der Waals surface area (Å²) in [5.41, 5.74) is 0.190. The van der Waals surface area contributed by atoms with E-state index in [9.17, 15) is 19.7 Å². The average molecular weight is 221 g/mol. The van der Waals surface area contributed by atoms with Gasteiger partial charge in [-0.25, -0.2) is 0 Å². The predicted octanol–water partition coefficient (Wildman–Crippen LogP) is 0.277. The molecule has 1 aromatic rings. The fourth-order valence-corrected chi connectivity index (χ4v) is 1.39. The molecule has 2 amide bonds. The van der Waals surface area contributed by atoms with Gasteiger partial charge in [-0.05, 0) is 6.07 Å². The largest absolute Gasteiger partial charge is 0.343 e. The molecule has 7 nitrogen and oxygen atoms in total. The van der Waals surface area contributed by atoms with Gasteiger partial charge in [-0.3, -0.25) is 19.7 Å². The number of hydrogen-bond donors (Lipinski definition) is 2. The van der Waals surface area contributed by atoms with Crippen molar-refractivity contribution in [3.63, 3.8) is 0 Å². The number of hydrogen-bond acceptors (Lipinski definition) is 4. The fourth-order valence-electron chi connectivity index (χ4n) is 1.39. The van der Waals surface area contributed by atoms with E-state index in [0.717, 1.165) is 6.07 Å². The molecule has 82 valence electrons. The van der Waals surface area contributed by atoms with Crippen LogP contribution >= 0.6 is 0 Å². The van der Waals surface area contributed by atoms with Crippen molar-refractivity contribution < 1.29 is 14.5 Å². The number of benzene rings is 1. The van der Waals surface area contributed by atoms with E-state index in [1.807, 2.05) is 0 Å². The van der Waals surface area contributed by atoms with Gasteiger partial charge in [0.05, 0.1) is 22.7 Å². The Kier molecular flexibility index (Phi) is 2.28. The smallest absolute Gasteiger partial charge is 0.270 e. The van der Waals surface area contributed by atoms with Crippen LogP contribution in [0, 0.1) is 10.1 Å². The summed E-state index contributed by atoms with van der Waals surface area (Å²) in [7, 11) is 0. The number of non-ortho nitro benzene ring substituents is 1. The summed E-state index contributed by atoms with van der Waals surface area (Å²) in [5, 5.41) is 15.3. The van der Waals surface area contributed by atoms with E-state index in [1.54, 1.807) is 0 Å². The first-order chi connectivity index (χ1) is 7.58. The molecule has 1 heterocycles. The molecular formula is C9H7N3O4. The molecule has 0 bridgehead atoms. The normalized spacial score (nSPS) is 14.5. The number of nitro benzene ring substituents is 1. The molecule has 0 unspecified atom stereocenters. The maximum absolute atomic E-state index is 11.5. The van der Waals surface area contributed by atoms with E-state index < -0.39 is 10.8 Å². The Morgan fingerprint density at radius 1 is 1.31 bits per heavy atom. The van der Waals surface area contributed by atoms with Gasteiger partial charge in [0, 0.05) is 12.1 Å². The molecule has 0 atom stereocenters. The summed E-state index contributed by atoms with van der Waals surface area (Å²) >= 11 is 0. The topological polar surface area (TPSA) is 101 Å². The third-order valence-electron chi connectivity index (χ3n) is 2.14. The van der Waals surface area contributed by atoms with E-state index in [2.05, 4.69) is 10.6 Å². The van der Waals surface area contributed by atoms with Gasteiger partial charge in [0.1, 0.15) is 0 Å². The van der Waals surface area contributed by atoms with Crippen molar-refractivity contribution in [1.29, 1.82) is 0 Å². The first-order valence-electron chi connectivity index (χ1n) is 4.44. The van der Waals surface area contributed by atoms with Crippen LogP contribution < -0.4 is 10.6 Å². The molecule has 16 heavy (non-hydrogen) atoms. The van der Waals surface area contributed by atoms with E-state index in [4.69, 9.17) is 0 Å². The zero-order valence-electron chi connectivity index (χ0n) is 8.02. The van der Waals surface area contributed by atoms with Crippen LogP contribution in [0.5, 0.6) is 0 Å². The van der Waals surface area contributed by atoms with Crippen molar-refractivity contribution in [3.05, 3.63) is 33.9 Å². The van der Waals surface area contributed by atoms with Gasteiger partial charge >= 0.3 is 0 Å². The van der Waals surface area contributed by atoms with Crippen LogP contribution in [0.15, 0.2) is 18.2 Å². The van der Waals surface area contributed by atoms with Gasteiger partial charge in [-0.15, -0.1) is 0 Å². The van der Waals surface area contributed by atoms with Crippen LogP contribution in [-0.2, 0) is 4.79 Å². The van der Waals surface area contributed by atoms with Gasteiger partial charge in [0.15, 0.2) is 0 Å². The summed E-state index contributed by atoms with van der Waals surface area (Å²) in [5.74, 6) is -0.863. The van der Waals surface area contributed by atoms with Crippen LogP contribution in [0.1, 0.15) is 10.4 Å². The summed E-state index contributed by atoms with van der Waals surface area (Å²) in [6.45, 7) is -0.138. The minimum absolute atomic E-state index is 0.0973. The molecule has 1 aliphatic heterocycles. The van der Waals surface area contributed by atoms with E-state index in [0.29, 0.717) is 0 Å². The summed E-state index contributed by atoms with van der Waals surface area (Å²) in [6.07, 6.45) is 0. The molecule has 0 aliphatic carbocycles. The summed E-state index contributed by atoms with van der Waals surface area (Å²) in [4.78, 5) is 32.6. The zero-order valence-corrected chi connectivity index (χ0v) is 8.02. The first kappa shape index (κ1) is 10.1. The third-order valence-corrected chi connectivity index (χ3v) is 2.14. The third kappa shape index (κ3) is 1.70. The number of fused-ring (bicyclic) bond motifs is 1. The molecule has 0 aromatic heterocycles. The van der Waals surface area contributed by atoms with Crippen LogP contribution in [0.2, 0.25) is 0 Å². The average Bonchev–Trinajstić information content (AvgIpc) is 2.38. The Morgan fingerprint density at radius 2 is 2.06 bits per heavy atom. The van der Waals surface area contributed by atoms with Gasteiger partial charge in [0.25, 0.3) is 11.6 Å². The first-order valence-corrected chi connectivity index (χ1v) is 4.44. The number of carbonyl (C=O) groups is 2. The van der Waals surface area contributed by atoms with Crippen LogP contribution in [-0.4, -0.2) is 23.3 Å². The fraction of sp³-hybridized carbons (Fsp3) is 0.111. The van der Waals surface area contributed by atoms with E-state index >= 15 is 0 Å². The molecule has 0 saturated carbocycles. The lowest BCUT2D eigenvalue weighted by molar-refractivity contribution is -0.384. The number of rotatable bonds is 1. The van der Waals surface area contributed by atoms with Crippen molar-refractivity contribution in [2.75, 3.05) is 11.9 Å². The molecule has 2 N–H and O–H groups in total. The Labute approximate surface area is 89.6 Å². The minimum atomic E-state index is -0.597. The van der Waals surface area contributed by atoms with Crippen molar-refractivity contribution in [2.45, 2.75) is 0 Å². The number of amides is 2. The van der Waals surface area contributed by atoms with Gasteiger partial charge in [0.2, 0.25) is 5.91 Å². The Hall–Kier alpha value is -2.44. The van der Waals surface area contributed by atoms with Crippen LogP contribution in [0.4, 0.5) is 11.4 Å².